The average Bonchev–Trinajstić information content (AvgIpc) is 2.58. The van der Waals surface area contributed by atoms with Gasteiger partial charge in [0.2, 0.25) is 0 Å². The number of rotatable bonds is 2. The minimum absolute atomic E-state index is 0.0298. The fourth-order valence-electron chi connectivity index (χ4n) is 1.66. The zero-order valence-electron chi connectivity index (χ0n) is 9.25. The summed E-state index contributed by atoms with van der Waals surface area (Å²) in [6.45, 7) is 1.25. The smallest absolute Gasteiger partial charge is 0.299 e. The number of thiophene rings is 1. The van der Waals surface area contributed by atoms with Gasteiger partial charge in [0.05, 0.1) is 12.0 Å². The van der Waals surface area contributed by atoms with E-state index in [1.807, 2.05) is 0 Å². The van der Waals surface area contributed by atoms with Crippen molar-refractivity contribution in [1.29, 1.82) is 0 Å². The molecule has 0 aliphatic carbocycles. The first-order chi connectivity index (χ1) is 8.28. The highest BCUT2D eigenvalue weighted by atomic mass is 32.1. The second-order valence-electron chi connectivity index (χ2n) is 3.95. The van der Waals surface area contributed by atoms with E-state index in [2.05, 4.69) is 4.99 Å². The molecular weight excluding hydrogens is 267 g/mol. The van der Waals surface area contributed by atoms with Gasteiger partial charge < -0.3 is 0 Å². The molecule has 0 radical (unpaired) electrons. The summed E-state index contributed by atoms with van der Waals surface area (Å²) >= 11 is 0.830. The second kappa shape index (κ2) is 4.31. The highest BCUT2D eigenvalue weighted by Crippen LogP contribution is 2.37. The van der Waals surface area contributed by atoms with Gasteiger partial charge in [-0.3, -0.25) is 9.59 Å². The number of hydrogen-bond acceptors (Lipinski definition) is 4. The molecule has 0 bridgehead atoms. The predicted octanol–water partition coefficient (Wildman–Crippen LogP) is 2.96. The molecule has 0 aromatic carbocycles. The monoisotopic (exact) mass is 275 g/mol. The molecular formula is C11H8F3NO2S. The molecule has 0 N–H and O–H groups in total. The Labute approximate surface area is 104 Å². The summed E-state index contributed by atoms with van der Waals surface area (Å²) in [5.74, 6) is -1.80. The number of hydrogen-bond donors (Lipinski definition) is 0. The highest BCUT2D eigenvalue weighted by molar-refractivity contribution is 7.16. The average molecular weight is 275 g/mol. The zero-order valence-corrected chi connectivity index (χ0v) is 10.1. The van der Waals surface area contributed by atoms with Crippen molar-refractivity contribution in [2.24, 2.45) is 10.9 Å². The Balaban J connectivity index is 2.32. The lowest BCUT2D eigenvalue weighted by Crippen LogP contribution is -2.25. The van der Waals surface area contributed by atoms with Gasteiger partial charge in [-0.2, -0.15) is 13.2 Å². The first kappa shape index (κ1) is 12.9. The minimum Gasteiger partial charge on any atom is -0.299 e. The van der Waals surface area contributed by atoms with Gasteiger partial charge in [0, 0.05) is 11.1 Å². The molecule has 1 unspecified atom stereocenters. The molecule has 18 heavy (non-hydrogen) atoms. The van der Waals surface area contributed by atoms with Crippen LogP contribution in [0, 0.1) is 5.92 Å². The molecule has 2 heterocycles. The van der Waals surface area contributed by atoms with E-state index in [1.165, 1.54) is 19.2 Å². The van der Waals surface area contributed by atoms with Gasteiger partial charge in [-0.1, -0.05) is 0 Å². The van der Waals surface area contributed by atoms with Crippen LogP contribution in [0.25, 0.3) is 0 Å². The summed E-state index contributed by atoms with van der Waals surface area (Å²) in [7, 11) is 0. The van der Waals surface area contributed by atoms with Crippen molar-refractivity contribution in [1.82, 2.24) is 0 Å². The largest absolute Gasteiger partial charge is 0.393 e. The van der Waals surface area contributed by atoms with E-state index in [-0.39, 0.29) is 21.2 Å². The Kier molecular flexibility index (Phi) is 3.10. The van der Waals surface area contributed by atoms with Gasteiger partial charge in [-0.05, 0) is 13.0 Å². The summed E-state index contributed by atoms with van der Waals surface area (Å²) in [5.41, 5.74) is 0.113. The van der Waals surface area contributed by atoms with E-state index in [0.717, 1.165) is 11.3 Å². The van der Waals surface area contributed by atoms with E-state index >= 15 is 0 Å². The van der Waals surface area contributed by atoms with Crippen LogP contribution in [0.1, 0.15) is 22.2 Å². The van der Waals surface area contributed by atoms with Crippen LogP contribution in [0.4, 0.5) is 18.2 Å². The van der Waals surface area contributed by atoms with E-state index < -0.39 is 24.3 Å². The Hall–Kier alpha value is -1.50. The Morgan fingerprint density at radius 2 is 2.17 bits per heavy atom. The van der Waals surface area contributed by atoms with Gasteiger partial charge >= 0.3 is 6.18 Å². The first-order valence-corrected chi connectivity index (χ1v) is 5.88. The van der Waals surface area contributed by atoms with Crippen LogP contribution in [0.15, 0.2) is 11.1 Å². The van der Waals surface area contributed by atoms with Crippen molar-refractivity contribution < 1.29 is 22.8 Å². The Morgan fingerprint density at radius 1 is 1.50 bits per heavy atom. The maximum absolute atomic E-state index is 12.2. The zero-order chi connectivity index (χ0) is 13.5. The maximum Gasteiger partial charge on any atom is 0.393 e. The summed E-state index contributed by atoms with van der Waals surface area (Å²) in [6.07, 6.45) is -4.21. The highest BCUT2D eigenvalue weighted by Gasteiger charge is 2.33. The Morgan fingerprint density at radius 3 is 2.72 bits per heavy atom. The van der Waals surface area contributed by atoms with Gasteiger partial charge in [0.15, 0.2) is 5.78 Å². The van der Waals surface area contributed by atoms with E-state index in [0.29, 0.717) is 0 Å². The molecule has 0 saturated carbocycles. The van der Waals surface area contributed by atoms with Gasteiger partial charge in [0.25, 0.3) is 0 Å². The number of ketones is 2. The minimum atomic E-state index is -4.32. The summed E-state index contributed by atoms with van der Waals surface area (Å²) < 4.78 is 36.7. The number of Topliss-reactive ketones (excluding diaryl/α,β-unsaturated/α-hetero) is 2. The lowest BCUT2D eigenvalue weighted by molar-refractivity contribution is -0.126. The van der Waals surface area contributed by atoms with Crippen molar-refractivity contribution >= 4 is 34.1 Å². The molecule has 3 nitrogen and oxygen atoms in total. The quantitative estimate of drug-likeness (QED) is 0.779. The van der Waals surface area contributed by atoms with Crippen LogP contribution in [0.3, 0.4) is 0 Å². The third-order valence-corrected chi connectivity index (χ3v) is 3.51. The Bertz CT molecular complexity index is 545. The molecule has 96 valence electrons. The lowest BCUT2D eigenvalue weighted by atomic mass is 9.94. The molecule has 0 amide bonds. The van der Waals surface area contributed by atoms with Crippen molar-refractivity contribution in [3.05, 3.63) is 16.5 Å². The number of fused-ring (bicyclic) bond motifs is 1. The number of nitrogens with zero attached hydrogens (tertiary/aromatic N) is 1. The van der Waals surface area contributed by atoms with Crippen LogP contribution in [0.5, 0.6) is 0 Å². The third kappa shape index (κ3) is 2.50. The molecule has 0 fully saturated rings. The molecule has 1 aliphatic heterocycles. The standard InChI is InChI=1S/C11H8F3NO2S/c1-5(16)8-4-15-10-7(9(8)17)2-6(18-10)3-11(12,13)14/h2,4,8H,3H2,1H3. The van der Waals surface area contributed by atoms with Crippen LogP contribution in [-0.2, 0) is 11.2 Å². The maximum atomic E-state index is 12.2. The first-order valence-electron chi connectivity index (χ1n) is 5.06. The molecule has 2 rings (SSSR count). The van der Waals surface area contributed by atoms with E-state index in [1.54, 1.807) is 0 Å². The number of alkyl halides is 3. The summed E-state index contributed by atoms with van der Waals surface area (Å²) in [6, 6.07) is 1.18. The summed E-state index contributed by atoms with van der Waals surface area (Å²) in [5, 5.41) is 0.247. The second-order valence-corrected chi connectivity index (χ2v) is 5.07. The summed E-state index contributed by atoms with van der Waals surface area (Å²) in [4.78, 5) is 26.9. The fraction of sp³-hybridized carbons (Fsp3) is 0.364. The number of aliphatic imine (C=N–C) groups is 1. The van der Waals surface area contributed by atoms with Gasteiger partial charge in [-0.25, -0.2) is 4.99 Å². The van der Waals surface area contributed by atoms with Crippen molar-refractivity contribution in [2.75, 3.05) is 0 Å². The fourth-order valence-corrected chi connectivity index (χ4v) is 2.70. The predicted molar refractivity (Wildman–Crippen MR) is 60.7 cm³/mol. The molecule has 7 heteroatoms. The van der Waals surface area contributed by atoms with Crippen LogP contribution < -0.4 is 0 Å². The van der Waals surface area contributed by atoms with Crippen LogP contribution in [0.2, 0.25) is 0 Å². The lowest BCUT2D eigenvalue weighted by Gasteiger charge is -2.10. The number of halogens is 3. The van der Waals surface area contributed by atoms with Gasteiger partial charge in [0.1, 0.15) is 16.7 Å². The molecule has 1 atom stereocenters. The SMILES string of the molecule is CC(=O)C1C=Nc2sc(CC(F)(F)F)cc2C1=O. The third-order valence-electron chi connectivity index (χ3n) is 2.46. The topological polar surface area (TPSA) is 46.5 Å². The molecule has 1 aromatic heterocycles. The van der Waals surface area contributed by atoms with Crippen LogP contribution >= 0.6 is 11.3 Å². The molecule has 1 aliphatic rings. The normalized spacial score (nSPS) is 18.9. The van der Waals surface area contributed by atoms with Crippen LogP contribution in [-0.4, -0.2) is 24.0 Å². The van der Waals surface area contributed by atoms with E-state index in [4.69, 9.17) is 0 Å². The van der Waals surface area contributed by atoms with Gasteiger partial charge in [-0.15, -0.1) is 11.3 Å². The van der Waals surface area contributed by atoms with Crippen molar-refractivity contribution in [3.63, 3.8) is 0 Å². The molecule has 0 saturated heterocycles. The molecule has 1 aromatic rings. The number of carbonyl (C=O) groups is 2. The van der Waals surface area contributed by atoms with Crippen molar-refractivity contribution in [2.45, 2.75) is 19.5 Å². The van der Waals surface area contributed by atoms with E-state index in [9.17, 15) is 22.8 Å². The molecule has 0 spiro atoms. The number of carbonyl (C=O) groups excluding carboxylic acids is 2. The van der Waals surface area contributed by atoms with Crippen molar-refractivity contribution in [3.8, 4) is 0 Å².